The van der Waals surface area contributed by atoms with Crippen LogP contribution in [0.15, 0.2) is 53.5 Å². The summed E-state index contributed by atoms with van der Waals surface area (Å²) in [5.74, 6) is 1.04. The molecule has 28 heavy (non-hydrogen) atoms. The molecule has 0 spiro atoms. The highest BCUT2D eigenvalue weighted by Gasteiger charge is 2.41. The Kier molecular flexibility index (Phi) is 5.96. The molecular weight excluding hydrogens is 371 g/mol. The van der Waals surface area contributed by atoms with Crippen LogP contribution in [0, 0.1) is 0 Å². The van der Waals surface area contributed by atoms with Crippen molar-refractivity contribution in [3.8, 4) is 11.5 Å². The average molecular weight is 393 g/mol. The topological polar surface area (TPSA) is 60.1 Å². The molecular formula is C20H22F3N3O2. The van der Waals surface area contributed by atoms with Crippen LogP contribution in [0.5, 0.6) is 11.5 Å². The third-order valence-corrected chi connectivity index (χ3v) is 4.58. The number of hydrogen-bond donors (Lipinski definition) is 1. The summed E-state index contributed by atoms with van der Waals surface area (Å²) >= 11 is 0. The number of hydrogen-bond acceptors (Lipinski definition) is 5. The number of benzene rings is 2. The molecule has 1 aliphatic heterocycles. The van der Waals surface area contributed by atoms with E-state index in [-0.39, 0.29) is 12.4 Å². The van der Waals surface area contributed by atoms with Crippen LogP contribution >= 0.6 is 0 Å². The molecule has 3 rings (SSSR count). The number of ether oxygens (including phenoxy) is 2. The molecule has 1 aliphatic rings. The van der Waals surface area contributed by atoms with E-state index in [9.17, 15) is 13.2 Å². The Hall–Kier alpha value is -2.90. The third kappa shape index (κ3) is 4.16. The molecule has 0 saturated heterocycles. The number of guanidine groups is 1. The zero-order valence-corrected chi connectivity index (χ0v) is 15.4. The highest BCUT2D eigenvalue weighted by molar-refractivity contribution is 5.81. The second-order valence-electron chi connectivity index (χ2n) is 6.51. The van der Waals surface area contributed by atoms with E-state index >= 15 is 0 Å². The molecule has 0 radical (unpaired) electrons. The van der Waals surface area contributed by atoms with Crippen molar-refractivity contribution in [2.45, 2.75) is 18.6 Å². The molecule has 8 heteroatoms. The zero-order chi connectivity index (χ0) is 20.1. The van der Waals surface area contributed by atoms with Gasteiger partial charge in [0.25, 0.3) is 0 Å². The summed E-state index contributed by atoms with van der Waals surface area (Å²) in [6.07, 6.45) is 0.314. The van der Waals surface area contributed by atoms with E-state index in [1.165, 1.54) is 12.1 Å². The lowest BCUT2D eigenvalue weighted by atomic mass is 9.83. The van der Waals surface area contributed by atoms with Crippen molar-refractivity contribution in [2.75, 3.05) is 26.9 Å². The third-order valence-electron chi connectivity index (χ3n) is 4.58. The average Bonchev–Trinajstić information content (AvgIpc) is 2.98. The van der Waals surface area contributed by atoms with Crippen LogP contribution in [0.25, 0.3) is 0 Å². The van der Waals surface area contributed by atoms with Crippen LogP contribution in [-0.2, 0) is 5.54 Å². The van der Waals surface area contributed by atoms with Gasteiger partial charge in [-0.2, -0.15) is 8.78 Å². The van der Waals surface area contributed by atoms with Gasteiger partial charge in [0.15, 0.2) is 5.96 Å². The Balaban J connectivity index is 1.97. The first-order chi connectivity index (χ1) is 13.4. The van der Waals surface area contributed by atoms with Crippen LogP contribution in [0.4, 0.5) is 13.2 Å². The lowest BCUT2D eigenvalue weighted by Gasteiger charge is -2.28. The van der Waals surface area contributed by atoms with E-state index < -0.39 is 18.8 Å². The number of aliphatic imine (C=N–C) groups is 1. The predicted octanol–water partition coefficient (Wildman–Crippen LogP) is 3.53. The number of nitrogens with zero attached hydrogens (tertiary/aromatic N) is 2. The number of nitrogens with two attached hydrogens (primary N) is 1. The predicted molar refractivity (Wildman–Crippen MR) is 101 cm³/mol. The Labute approximate surface area is 161 Å². The molecule has 2 N–H and O–H groups in total. The molecule has 5 nitrogen and oxygen atoms in total. The minimum atomic E-state index is -2.88. The molecule has 0 bridgehead atoms. The number of alkyl halides is 3. The van der Waals surface area contributed by atoms with Gasteiger partial charge < -0.3 is 20.1 Å². The van der Waals surface area contributed by atoms with Gasteiger partial charge in [0, 0.05) is 13.5 Å². The standard InChI is InChI=1S/C20H22F3N3O2/c1-26-13-20(25-19(26)24,14-6-8-16(9-7-14)28-18(22)23)15-4-2-5-17(12-15)27-11-3-10-21/h2,4-9,12,18H,3,10-11,13H2,1H3,(H2,24,25). The summed E-state index contributed by atoms with van der Waals surface area (Å²) in [7, 11) is 1.83. The first-order valence-corrected chi connectivity index (χ1v) is 8.86. The molecule has 0 aliphatic carbocycles. The summed E-state index contributed by atoms with van der Waals surface area (Å²) in [4.78, 5) is 6.51. The quantitative estimate of drug-likeness (QED) is 0.697. The van der Waals surface area contributed by atoms with Crippen molar-refractivity contribution in [1.82, 2.24) is 4.90 Å². The fourth-order valence-electron chi connectivity index (χ4n) is 3.22. The van der Waals surface area contributed by atoms with Gasteiger partial charge >= 0.3 is 6.61 Å². The SMILES string of the molecule is CN1CC(c2ccc(OC(F)F)cc2)(c2cccc(OCCCF)c2)N=C1N. The van der Waals surface area contributed by atoms with E-state index in [0.29, 0.717) is 24.7 Å². The number of likely N-dealkylation sites (N-methyl/N-ethyl adjacent to an activating group) is 1. The Morgan fingerprint density at radius 2 is 1.89 bits per heavy atom. The van der Waals surface area contributed by atoms with Gasteiger partial charge in [0.2, 0.25) is 0 Å². The van der Waals surface area contributed by atoms with E-state index in [1.807, 2.05) is 30.1 Å². The molecule has 0 amide bonds. The van der Waals surface area contributed by atoms with Crippen LogP contribution in [0.3, 0.4) is 0 Å². The molecule has 0 fully saturated rings. The van der Waals surface area contributed by atoms with Crippen molar-refractivity contribution in [3.05, 3.63) is 59.7 Å². The summed E-state index contributed by atoms with van der Waals surface area (Å²) in [6.45, 7) is -2.58. The van der Waals surface area contributed by atoms with Gasteiger partial charge in [-0.15, -0.1) is 0 Å². The van der Waals surface area contributed by atoms with Crippen LogP contribution in [-0.4, -0.2) is 44.3 Å². The first kappa shape index (κ1) is 19.9. The van der Waals surface area contributed by atoms with E-state index in [1.54, 1.807) is 18.2 Å². The van der Waals surface area contributed by atoms with E-state index in [0.717, 1.165) is 11.1 Å². The molecule has 1 unspecified atom stereocenters. The fraction of sp³-hybridized carbons (Fsp3) is 0.350. The minimum absolute atomic E-state index is 0.0699. The highest BCUT2D eigenvalue weighted by atomic mass is 19.3. The maximum atomic E-state index is 12.4. The molecule has 1 heterocycles. The van der Waals surface area contributed by atoms with Crippen molar-refractivity contribution < 1.29 is 22.6 Å². The monoisotopic (exact) mass is 393 g/mol. The summed E-state index contributed by atoms with van der Waals surface area (Å²) in [5, 5.41) is 0. The molecule has 2 aromatic rings. The summed E-state index contributed by atoms with van der Waals surface area (Å²) < 4.78 is 47.2. The van der Waals surface area contributed by atoms with Crippen molar-refractivity contribution in [3.63, 3.8) is 0 Å². The number of halogens is 3. The molecule has 2 aromatic carbocycles. The second-order valence-corrected chi connectivity index (χ2v) is 6.51. The highest BCUT2D eigenvalue weighted by Crippen LogP contribution is 2.39. The van der Waals surface area contributed by atoms with Crippen molar-refractivity contribution in [2.24, 2.45) is 10.7 Å². The van der Waals surface area contributed by atoms with Crippen molar-refractivity contribution >= 4 is 5.96 Å². The normalized spacial score (nSPS) is 19.0. The van der Waals surface area contributed by atoms with Gasteiger partial charge in [0.05, 0.1) is 19.8 Å². The largest absolute Gasteiger partial charge is 0.493 e. The smallest absolute Gasteiger partial charge is 0.387 e. The zero-order valence-electron chi connectivity index (χ0n) is 15.4. The van der Waals surface area contributed by atoms with E-state index in [4.69, 9.17) is 10.5 Å². The minimum Gasteiger partial charge on any atom is -0.493 e. The Morgan fingerprint density at radius 1 is 1.14 bits per heavy atom. The second kappa shape index (κ2) is 8.41. The van der Waals surface area contributed by atoms with Gasteiger partial charge in [-0.3, -0.25) is 4.39 Å². The van der Waals surface area contributed by atoms with Crippen LogP contribution in [0.1, 0.15) is 17.5 Å². The maximum Gasteiger partial charge on any atom is 0.387 e. The van der Waals surface area contributed by atoms with Gasteiger partial charge in [-0.1, -0.05) is 24.3 Å². The van der Waals surface area contributed by atoms with Gasteiger partial charge in [-0.05, 0) is 35.4 Å². The van der Waals surface area contributed by atoms with Crippen LogP contribution < -0.4 is 15.2 Å². The summed E-state index contributed by atoms with van der Waals surface area (Å²) in [5.41, 5.74) is 6.84. The lowest BCUT2D eigenvalue weighted by Crippen LogP contribution is -2.34. The molecule has 150 valence electrons. The molecule has 0 aromatic heterocycles. The van der Waals surface area contributed by atoms with Crippen molar-refractivity contribution in [1.29, 1.82) is 0 Å². The van der Waals surface area contributed by atoms with Gasteiger partial charge in [-0.25, -0.2) is 4.99 Å². The number of rotatable bonds is 8. The lowest BCUT2D eigenvalue weighted by molar-refractivity contribution is -0.0498. The Morgan fingerprint density at radius 3 is 2.50 bits per heavy atom. The van der Waals surface area contributed by atoms with Crippen LogP contribution in [0.2, 0.25) is 0 Å². The molecule has 0 saturated carbocycles. The first-order valence-electron chi connectivity index (χ1n) is 8.86. The molecule has 1 atom stereocenters. The van der Waals surface area contributed by atoms with Gasteiger partial charge in [0.1, 0.15) is 17.0 Å². The summed E-state index contributed by atoms with van der Waals surface area (Å²) in [6, 6.07) is 13.7. The van der Waals surface area contributed by atoms with E-state index in [2.05, 4.69) is 9.73 Å². The fourth-order valence-corrected chi connectivity index (χ4v) is 3.22. The Bertz CT molecular complexity index is 830. The maximum absolute atomic E-state index is 12.4.